The number of carboxylic acids is 1. The number of nitrogens with zero attached hydrogens (tertiary/aromatic N) is 3. The molecule has 0 saturated heterocycles. The number of aromatic nitrogens is 3. The van der Waals surface area contributed by atoms with Crippen molar-refractivity contribution in [2.75, 3.05) is 0 Å². The first-order chi connectivity index (χ1) is 13.7. The molecule has 0 atom stereocenters. The van der Waals surface area contributed by atoms with Crippen LogP contribution in [-0.4, -0.2) is 25.7 Å². The van der Waals surface area contributed by atoms with Gasteiger partial charge in [-0.1, -0.05) is 42.5 Å². The molecular formula is C23H19N3O2. The number of hydrogen-bond donors (Lipinski definition) is 1. The maximum absolute atomic E-state index is 11.5. The van der Waals surface area contributed by atoms with Gasteiger partial charge in [-0.15, -0.1) is 0 Å². The van der Waals surface area contributed by atoms with Crippen molar-refractivity contribution in [3.8, 4) is 11.1 Å². The second-order valence-corrected chi connectivity index (χ2v) is 7.25. The highest BCUT2D eigenvalue weighted by Gasteiger charge is 2.30. The van der Waals surface area contributed by atoms with Gasteiger partial charge in [0.2, 0.25) is 0 Å². The third-order valence-electron chi connectivity index (χ3n) is 5.29. The number of rotatable bonds is 5. The molecule has 2 aromatic heterocycles. The third-order valence-corrected chi connectivity index (χ3v) is 5.29. The molecule has 5 rings (SSSR count). The highest BCUT2D eigenvalue weighted by Crippen LogP contribution is 2.42. The lowest BCUT2D eigenvalue weighted by Gasteiger charge is -2.08. The summed E-state index contributed by atoms with van der Waals surface area (Å²) in [4.78, 5) is 16.0. The summed E-state index contributed by atoms with van der Waals surface area (Å²) >= 11 is 0. The van der Waals surface area contributed by atoms with Gasteiger partial charge in [-0.2, -0.15) is 5.10 Å². The zero-order chi connectivity index (χ0) is 19.1. The molecule has 0 spiro atoms. The van der Waals surface area contributed by atoms with Crippen molar-refractivity contribution in [1.29, 1.82) is 0 Å². The van der Waals surface area contributed by atoms with Gasteiger partial charge in [-0.05, 0) is 41.7 Å². The minimum Gasteiger partial charge on any atom is -0.478 e. The van der Waals surface area contributed by atoms with Crippen LogP contribution in [0.1, 0.15) is 45.9 Å². The number of carboxylic acid groups (broad SMARTS) is 1. The summed E-state index contributed by atoms with van der Waals surface area (Å²) in [6.45, 7) is 0. The Balaban J connectivity index is 1.49. The second-order valence-electron chi connectivity index (χ2n) is 7.25. The standard InChI is InChI=1S/C23H19N3O2/c27-23(28)19-5-2-1-4-18(19)16-8-6-15(7-9-16)14-20-21(17-10-11-17)25-26-13-3-12-24-22(20)26/h1-9,12-13,17H,10-11,14H2,(H,27,28). The molecule has 1 N–H and O–H groups in total. The van der Waals surface area contributed by atoms with E-state index < -0.39 is 5.97 Å². The monoisotopic (exact) mass is 369 g/mol. The molecule has 0 amide bonds. The largest absolute Gasteiger partial charge is 0.478 e. The Hall–Kier alpha value is -3.47. The summed E-state index contributed by atoms with van der Waals surface area (Å²) in [5.41, 5.74) is 6.41. The Bertz CT molecular complexity index is 1170. The van der Waals surface area contributed by atoms with E-state index in [2.05, 4.69) is 17.1 Å². The molecule has 4 aromatic rings. The van der Waals surface area contributed by atoms with E-state index in [9.17, 15) is 9.90 Å². The quantitative estimate of drug-likeness (QED) is 0.560. The first-order valence-electron chi connectivity index (χ1n) is 9.44. The van der Waals surface area contributed by atoms with Gasteiger partial charge < -0.3 is 5.11 Å². The average molecular weight is 369 g/mol. The summed E-state index contributed by atoms with van der Waals surface area (Å²) in [7, 11) is 0. The van der Waals surface area contributed by atoms with Crippen LogP contribution in [0.3, 0.4) is 0 Å². The van der Waals surface area contributed by atoms with Crippen LogP contribution in [0.25, 0.3) is 16.8 Å². The molecule has 138 valence electrons. The predicted molar refractivity (Wildman–Crippen MR) is 107 cm³/mol. The van der Waals surface area contributed by atoms with E-state index in [0.717, 1.165) is 23.2 Å². The van der Waals surface area contributed by atoms with E-state index in [1.165, 1.54) is 29.7 Å². The van der Waals surface area contributed by atoms with Crippen molar-refractivity contribution in [3.05, 3.63) is 89.4 Å². The molecule has 1 aliphatic rings. The summed E-state index contributed by atoms with van der Waals surface area (Å²) in [6, 6.07) is 17.1. The fraction of sp³-hybridized carbons (Fsp3) is 0.174. The van der Waals surface area contributed by atoms with Gasteiger partial charge in [0.1, 0.15) is 0 Å². The van der Waals surface area contributed by atoms with Crippen molar-refractivity contribution in [3.63, 3.8) is 0 Å². The lowest BCUT2D eigenvalue weighted by molar-refractivity contribution is 0.0697. The van der Waals surface area contributed by atoms with Crippen LogP contribution in [0.4, 0.5) is 0 Å². The van der Waals surface area contributed by atoms with E-state index >= 15 is 0 Å². The van der Waals surface area contributed by atoms with Gasteiger partial charge in [0.25, 0.3) is 0 Å². The van der Waals surface area contributed by atoms with E-state index in [-0.39, 0.29) is 0 Å². The Labute approximate surface area is 162 Å². The van der Waals surface area contributed by atoms with Crippen LogP contribution in [0.2, 0.25) is 0 Å². The third kappa shape index (κ3) is 2.95. The zero-order valence-electron chi connectivity index (χ0n) is 15.2. The summed E-state index contributed by atoms with van der Waals surface area (Å²) in [5, 5.41) is 14.2. The second kappa shape index (κ2) is 6.60. The summed E-state index contributed by atoms with van der Waals surface area (Å²) in [5.74, 6) is -0.357. The smallest absolute Gasteiger partial charge is 0.336 e. The van der Waals surface area contributed by atoms with Crippen molar-refractivity contribution in [2.24, 2.45) is 0 Å². The zero-order valence-corrected chi connectivity index (χ0v) is 15.2. The number of fused-ring (bicyclic) bond motifs is 1. The minimum atomic E-state index is -0.911. The van der Waals surface area contributed by atoms with Crippen LogP contribution in [0.15, 0.2) is 67.0 Å². The van der Waals surface area contributed by atoms with Gasteiger partial charge in [0.05, 0.1) is 11.3 Å². The van der Waals surface area contributed by atoms with Crippen LogP contribution >= 0.6 is 0 Å². The van der Waals surface area contributed by atoms with Gasteiger partial charge in [-0.25, -0.2) is 14.3 Å². The van der Waals surface area contributed by atoms with Crippen molar-refractivity contribution < 1.29 is 9.90 Å². The van der Waals surface area contributed by atoms with Crippen molar-refractivity contribution in [2.45, 2.75) is 25.2 Å². The van der Waals surface area contributed by atoms with E-state index in [4.69, 9.17) is 5.10 Å². The molecule has 0 aliphatic heterocycles. The van der Waals surface area contributed by atoms with Gasteiger partial charge >= 0.3 is 5.97 Å². The summed E-state index contributed by atoms with van der Waals surface area (Å²) < 4.78 is 1.88. The number of carbonyl (C=O) groups is 1. The van der Waals surface area contributed by atoms with Crippen molar-refractivity contribution in [1.82, 2.24) is 14.6 Å². The van der Waals surface area contributed by atoms with Crippen LogP contribution in [0, 0.1) is 0 Å². The molecule has 28 heavy (non-hydrogen) atoms. The first-order valence-corrected chi connectivity index (χ1v) is 9.44. The molecule has 1 aliphatic carbocycles. The molecule has 5 heteroatoms. The molecule has 2 heterocycles. The van der Waals surface area contributed by atoms with Gasteiger partial charge in [0, 0.05) is 30.3 Å². The predicted octanol–water partition coefficient (Wildman–Crippen LogP) is 4.56. The van der Waals surface area contributed by atoms with E-state index in [1.807, 2.05) is 47.2 Å². The number of aromatic carboxylic acids is 1. The summed E-state index contributed by atoms with van der Waals surface area (Å²) in [6.07, 6.45) is 6.92. The van der Waals surface area contributed by atoms with Crippen LogP contribution in [-0.2, 0) is 6.42 Å². The van der Waals surface area contributed by atoms with E-state index in [1.54, 1.807) is 12.1 Å². The maximum Gasteiger partial charge on any atom is 0.336 e. The first kappa shape index (κ1) is 16.7. The molecule has 0 radical (unpaired) electrons. The Kier molecular flexibility index (Phi) is 3.93. The Morgan fingerprint density at radius 1 is 1.07 bits per heavy atom. The van der Waals surface area contributed by atoms with Crippen LogP contribution < -0.4 is 0 Å². The Morgan fingerprint density at radius 2 is 1.86 bits per heavy atom. The fourth-order valence-corrected chi connectivity index (χ4v) is 3.73. The topological polar surface area (TPSA) is 67.5 Å². The van der Waals surface area contributed by atoms with Gasteiger partial charge in [-0.3, -0.25) is 0 Å². The molecule has 5 nitrogen and oxygen atoms in total. The Morgan fingerprint density at radius 3 is 2.61 bits per heavy atom. The van der Waals surface area contributed by atoms with Crippen LogP contribution in [0.5, 0.6) is 0 Å². The fourth-order valence-electron chi connectivity index (χ4n) is 3.73. The molecule has 0 bridgehead atoms. The molecule has 1 saturated carbocycles. The lowest BCUT2D eigenvalue weighted by Crippen LogP contribution is -1.99. The normalized spacial score (nSPS) is 13.7. The molecular weight excluding hydrogens is 350 g/mol. The molecule has 0 unspecified atom stereocenters. The van der Waals surface area contributed by atoms with Gasteiger partial charge in [0.15, 0.2) is 5.65 Å². The lowest BCUT2D eigenvalue weighted by atomic mass is 9.96. The average Bonchev–Trinajstić information content (AvgIpc) is 3.51. The maximum atomic E-state index is 11.5. The number of benzene rings is 2. The van der Waals surface area contributed by atoms with E-state index in [0.29, 0.717) is 11.5 Å². The highest BCUT2D eigenvalue weighted by molar-refractivity contribution is 5.96. The minimum absolute atomic E-state index is 0.318. The molecule has 1 fully saturated rings. The van der Waals surface area contributed by atoms with Crippen molar-refractivity contribution >= 4 is 11.6 Å². The molecule has 2 aromatic carbocycles. The highest BCUT2D eigenvalue weighted by atomic mass is 16.4. The SMILES string of the molecule is O=C(O)c1ccccc1-c1ccc(Cc2c(C3CC3)nn3cccnc23)cc1. The number of hydrogen-bond acceptors (Lipinski definition) is 3.